The molecule has 0 bridgehead atoms. The normalized spacial score (nSPS) is 28.6. The van der Waals surface area contributed by atoms with Gasteiger partial charge in [0.15, 0.2) is 0 Å². The first kappa shape index (κ1) is 16.6. The Hall–Kier alpha value is -1.26. The maximum atomic E-state index is 11.0. The summed E-state index contributed by atoms with van der Waals surface area (Å²) in [6, 6.07) is 8.95. The average Bonchev–Trinajstić information content (AvgIpc) is 2.56. The summed E-state index contributed by atoms with van der Waals surface area (Å²) >= 11 is 6.33. The Morgan fingerprint density at radius 1 is 1.13 bits per heavy atom. The SMILES string of the molecule is O=C(O)C1CCC(NC2CCCN(c3ccccc3Cl)C2)CC1. The van der Waals surface area contributed by atoms with Crippen molar-refractivity contribution >= 4 is 23.3 Å². The van der Waals surface area contributed by atoms with Gasteiger partial charge in [0.05, 0.1) is 16.6 Å². The molecule has 4 nitrogen and oxygen atoms in total. The fourth-order valence-electron chi connectivity index (χ4n) is 3.88. The van der Waals surface area contributed by atoms with Crippen LogP contribution in [0, 0.1) is 5.92 Å². The molecule has 1 saturated heterocycles. The minimum atomic E-state index is -0.633. The lowest BCUT2D eigenvalue weighted by molar-refractivity contribution is -0.142. The molecule has 5 heteroatoms. The van der Waals surface area contributed by atoms with E-state index in [0.29, 0.717) is 12.1 Å². The predicted octanol–water partition coefficient (Wildman–Crippen LogP) is 3.54. The maximum Gasteiger partial charge on any atom is 0.306 e. The van der Waals surface area contributed by atoms with E-state index in [1.54, 1.807) is 0 Å². The number of nitrogens with one attached hydrogen (secondary N) is 1. The third-order valence-corrected chi connectivity index (χ3v) is 5.48. The van der Waals surface area contributed by atoms with Crippen LogP contribution in [0.15, 0.2) is 24.3 Å². The fraction of sp³-hybridized carbons (Fsp3) is 0.611. The number of carboxylic acid groups (broad SMARTS) is 1. The topological polar surface area (TPSA) is 52.6 Å². The van der Waals surface area contributed by atoms with Gasteiger partial charge in [-0.1, -0.05) is 23.7 Å². The Kier molecular flexibility index (Phi) is 5.44. The monoisotopic (exact) mass is 336 g/mol. The molecule has 1 aromatic rings. The number of carboxylic acids is 1. The van der Waals surface area contributed by atoms with E-state index >= 15 is 0 Å². The molecule has 2 aliphatic rings. The average molecular weight is 337 g/mol. The number of halogens is 1. The van der Waals surface area contributed by atoms with Crippen LogP contribution in [0.25, 0.3) is 0 Å². The Labute approximate surface area is 142 Å². The Morgan fingerprint density at radius 3 is 2.57 bits per heavy atom. The zero-order valence-electron chi connectivity index (χ0n) is 13.4. The van der Waals surface area contributed by atoms with Gasteiger partial charge in [0.1, 0.15) is 0 Å². The molecule has 126 valence electrons. The van der Waals surface area contributed by atoms with Crippen LogP contribution in [0.2, 0.25) is 5.02 Å². The lowest BCUT2D eigenvalue weighted by Crippen LogP contribution is -2.50. The van der Waals surface area contributed by atoms with Gasteiger partial charge in [-0.3, -0.25) is 4.79 Å². The fourth-order valence-corrected chi connectivity index (χ4v) is 4.14. The van der Waals surface area contributed by atoms with Crippen LogP contribution in [0.4, 0.5) is 5.69 Å². The van der Waals surface area contributed by atoms with Crippen molar-refractivity contribution in [3.8, 4) is 0 Å². The van der Waals surface area contributed by atoms with Gasteiger partial charge in [-0.15, -0.1) is 0 Å². The van der Waals surface area contributed by atoms with Crippen molar-refractivity contribution in [2.45, 2.75) is 50.6 Å². The van der Waals surface area contributed by atoms with E-state index in [1.807, 2.05) is 18.2 Å². The van der Waals surface area contributed by atoms with Gasteiger partial charge >= 0.3 is 5.97 Å². The van der Waals surface area contributed by atoms with Crippen LogP contribution < -0.4 is 10.2 Å². The van der Waals surface area contributed by atoms with Gasteiger partial charge in [0, 0.05) is 25.2 Å². The molecule has 0 radical (unpaired) electrons. The van der Waals surface area contributed by atoms with Crippen molar-refractivity contribution in [2.24, 2.45) is 5.92 Å². The number of nitrogens with zero attached hydrogens (tertiary/aromatic N) is 1. The number of rotatable bonds is 4. The predicted molar refractivity (Wildman–Crippen MR) is 93.2 cm³/mol. The second kappa shape index (κ2) is 7.54. The lowest BCUT2D eigenvalue weighted by Gasteiger charge is -2.38. The highest BCUT2D eigenvalue weighted by atomic mass is 35.5. The van der Waals surface area contributed by atoms with E-state index in [9.17, 15) is 4.79 Å². The van der Waals surface area contributed by atoms with Gasteiger partial charge in [-0.05, 0) is 50.7 Å². The molecule has 1 saturated carbocycles. The van der Waals surface area contributed by atoms with Crippen LogP contribution in [-0.4, -0.2) is 36.2 Å². The molecular weight excluding hydrogens is 312 g/mol. The summed E-state index contributed by atoms with van der Waals surface area (Å²) < 4.78 is 0. The Morgan fingerprint density at radius 2 is 1.87 bits per heavy atom. The molecule has 1 heterocycles. The van der Waals surface area contributed by atoms with Crippen LogP contribution in [-0.2, 0) is 4.79 Å². The molecule has 1 aromatic carbocycles. The molecule has 1 aliphatic carbocycles. The molecule has 2 N–H and O–H groups in total. The Bertz CT molecular complexity index is 544. The maximum absolute atomic E-state index is 11.0. The highest BCUT2D eigenvalue weighted by molar-refractivity contribution is 6.33. The molecule has 1 unspecified atom stereocenters. The van der Waals surface area contributed by atoms with Gasteiger partial charge in [-0.25, -0.2) is 0 Å². The molecular formula is C18H25ClN2O2. The van der Waals surface area contributed by atoms with Crippen LogP contribution in [0.3, 0.4) is 0 Å². The largest absolute Gasteiger partial charge is 0.481 e. The number of para-hydroxylation sites is 1. The standard InChI is InChI=1S/C18H25ClN2O2/c19-16-5-1-2-6-17(16)21-11-3-4-15(12-21)20-14-9-7-13(8-10-14)18(22)23/h1-2,5-6,13-15,20H,3-4,7-12H2,(H,22,23). The number of hydrogen-bond donors (Lipinski definition) is 2. The first-order valence-electron chi connectivity index (χ1n) is 8.62. The quantitative estimate of drug-likeness (QED) is 0.883. The number of aliphatic carboxylic acids is 1. The Balaban J connectivity index is 1.53. The lowest BCUT2D eigenvalue weighted by atomic mass is 9.85. The highest BCUT2D eigenvalue weighted by Crippen LogP contribution is 2.29. The van der Waals surface area contributed by atoms with E-state index < -0.39 is 5.97 Å². The van der Waals surface area contributed by atoms with E-state index in [-0.39, 0.29) is 5.92 Å². The third kappa shape index (κ3) is 4.18. The van der Waals surface area contributed by atoms with Crippen LogP contribution in [0.5, 0.6) is 0 Å². The zero-order valence-corrected chi connectivity index (χ0v) is 14.1. The van der Waals surface area contributed by atoms with E-state index in [0.717, 1.165) is 55.9 Å². The van der Waals surface area contributed by atoms with Crippen molar-refractivity contribution in [2.75, 3.05) is 18.0 Å². The minimum Gasteiger partial charge on any atom is -0.481 e. The van der Waals surface area contributed by atoms with E-state index in [2.05, 4.69) is 16.3 Å². The number of carbonyl (C=O) groups is 1. The van der Waals surface area contributed by atoms with Crippen molar-refractivity contribution in [3.63, 3.8) is 0 Å². The second-order valence-electron chi connectivity index (χ2n) is 6.79. The van der Waals surface area contributed by atoms with Crippen LogP contribution >= 0.6 is 11.6 Å². The molecule has 0 spiro atoms. The number of piperidine rings is 1. The molecule has 1 atom stereocenters. The first-order chi connectivity index (χ1) is 11.1. The van der Waals surface area contributed by atoms with Crippen LogP contribution in [0.1, 0.15) is 38.5 Å². The summed E-state index contributed by atoms with van der Waals surface area (Å²) in [6.07, 6.45) is 5.88. The number of anilines is 1. The molecule has 3 rings (SSSR count). The summed E-state index contributed by atoms with van der Waals surface area (Å²) in [5.74, 6) is -0.773. The second-order valence-corrected chi connectivity index (χ2v) is 7.20. The van der Waals surface area contributed by atoms with E-state index in [1.165, 1.54) is 6.42 Å². The summed E-state index contributed by atoms with van der Waals surface area (Å²) in [7, 11) is 0. The molecule has 0 aromatic heterocycles. The van der Waals surface area contributed by atoms with E-state index in [4.69, 9.17) is 16.7 Å². The smallest absolute Gasteiger partial charge is 0.306 e. The minimum absolute atomic E-state index is 0.140. The third-order valence-electron chi connectivity index (χ3n) is 5.16. The molecule has 1 aliphatic heterocycles. The zero-order chi connectivity index (χ0) is 16.2. The summed E-state index contributed by atoms with van der Waals surface area (Å²) in [5, 5.41) is 13.7. The highest BCUT2D eigenvalue weighted by Gasteiger charge is 2.28. The molecule has 0 amide bonds. The summed E-state index contributed by atoms with van der Waals surface area (Å²) in [5.41, 5.74) is 1.12. The summed E-state index contributed by atoms with van der Waals surface area (Å²) in [4.78, 5) is 13.4. The summed E-state index contributed by atoms with van der Waals surface area (Å²) in [6.45, 7) is 2.02. The first-order valence-corrected chi connectivity index (χ1v) is 8.99. The molecule has 2 fully saturated rings. The van der Waals surface area contributed by atoms with Crippen molar-refractivity contribution in [1.29, 1.82) is 0 Å². The van der Waals surface area contributed by atoms with Crippen molar-refractivity contribution < 1.29 is 9.90 Å². The van der Waals surface area contributed by atoms with Gasteiger partial charge in [0.25, 0.3) is 0 Å². The van der Waals surface area contributed by atoms with Crippen molar-refractivity contribution in [1.82, 2.24) is 5.32 Å². The number of hydrogen-bond acceptors (Lipinski definition) is 3. The van der Waals surface area contributed by atoms with Crippen molar-refractivity contribution in [3.05, 3.63) is 29.3 Å². The molecule has 23 heavy (non-hydrogen) atoms. The van der Waals surface area contributed by atoms with Gasteiger partial charge in [0.2, 0.25) is 0 Å². The van der Waals surface area contributed by atoms with Gasteiger partial charge in [-0.2, -0.15) is 0 Å². The number of benzene rings is 1. The van der Waals surface area contributed by atoms with Gasteiger partial charge < -0.3 is 15.3 Å².